The Morgan fingerprint density at radius 2 is 1.88 bits per heavy atom. The third-order valence-corrected chi connectivity index (χ3v) is 8.64. The summed E-state index contributed by atoms with van der Waals surface area (Å²) in [5.74, 6) is 6.20. The number of nitrogens with one attached hydrogen (secondary N) is 1. The molecule has 3 aromatic rings. The van der Waals surface area contributed by atoms with Gasteiger partial charge in [0.1, 0.15) is 0 Å². The lowest BCUT2D eigenvalue weighted by molar-refractivity contribution is -0.131. The molecule has 3 N–H and O–H groups in total. The normalized spacial score (nSPS) is 19.2. The second-order valence-corrected chi connectivity index (χ2v) is 11.5. The Kier molecular flexibility index (Phi) is 6.49. The molecule has 2 aromatic carbocycles. The van der Waals surface area contributed by atoms with Crippen LogP contribution in [0, 0.1) is 17.8 Å². The van der Waals surface area contributed by atoms with E-state index in [4.69, 9.17) is 5.21 Å². The van der Waals surface area contributed by atoms with Gasteiger partial charge in [0.25, 0.3) is 5.91 Å². The zero-order valence-electron chi connectivity index (χ0n) is 19.0. The number of benzene rings is 2. The first kappa shape index (κ1) is 24.0. The van der Waals surface area contributed by atoms with Crippen molar-refractivity contribution in [3.05, 3.63) is 65.4 Å². The molecule has 8 nitrogen and oxygen atoms in total. The first-order valence-electron chi connectivity index (χ1n) is 11.0. The fraction of sp³-hybridized carbons (Fsp3) is 0.360. The van der Waals surface area contributed by atoms with E-state index in [1.807, 2.05) is 30.3 Å². The lowest BCUT2D eigenvalue weighted by atomic mass is 10.1. The van der Waals surface area contributed by atoms with E-state index in [1.54, 1.807) is 10.9 Å². The minimum Gasteiger partial charge on any atom is -0.396 e. The molecule has 1 amide bonds. The molecule has 1 unspecified atom stereocenters. The van der Waals surface area contributed by atoms with Crippen molar-refractivity contribution in [1.29, 1.82) is 0 Å². The van der Waals surface area contributed by atoms with Gasteiger partial charge in [0.05, 0.1) is 5.52 Å². The van der Waals surface area contributed by atoms with Crippen LogP contribution < -0.4 is 5.48 Å². The monoisotopic (exact) mass is 481 g/mol. The van der Waals surface area contributed by atoms with Gasteiger partial charge in [-0.1, -0.05) is 24.0 Å². The molecule has 0 saturated heterocycles. The number of fused-ring (bicyclic) bond motifs is 1. The predicted molar refractivity (Wildman–Crippen MR) is 128 cm³/mol. The van der Waals surface area contributed by atoms with E-state index in [9.17, 15) is 18.3 Å². The van der Waals surface area contributed by atoms with Gasteiger partial charge in [0, 0.05) is 42.1 Å². The Morgan fingerprint density at radius 1 is 1.21 bits per heavy atom. The van der Waals surface area contributed by atoms with Crippen LogP contribution in [0.25, 0.3) is 10.9 Å². The number of carbonyl (C=O) groups excluding carboxylic acids is 1. The summed E-state index contributed by atoms with van der Waals surface area (Å²) in [7, 11) is -3.77. The molecular weight excluding hydrogens is 454 g/mol. The van der Waals surface area contributed by atoms with Crippen LogP contribution in [-0.4, -0.2) is 52.0 Å². The molecular formula is C25H27N3O5S. The summed E-state index contributed by atoms with van der Waals surface area (Å²) in [5.41, 5.74) is 5.14. The molecule has 0 aliphatic heterocycles. The number of hydrogen-bond acceptors (Lipinski definition) is 6. The third-order valence-electron chi connectivity index (χ3n) is 6.62. The molecule has 0 radical (unpaired) electrons. The van der Waals surface area contributed by atoms with Gasteiger partial charge < -0.3 is 5.11 Å². The quantitative estimate of drug-likeness (QED) is 0.270. The first-order valence-corrected chi connectivity index (χ1v) is 12.9. The Balaban J connectivity index is 1.47. The summed E-state index contributed by atoms with van der Waals surface area (Å²) in [5, 5.41) is 23.5. The Morgan fingerprint density at radius 3 is 2.50 bits per heavy atom. The number of hydrogen-bond donors (Lipinski definition) is 3. The van der Waals surface area contributed by atoms with Crippen molar-refractivity contribution in [1.82, 2.24) is 15.3 Å². The highest BCUT2D eigenvalue weighted by Gasteiger charge is 2.43. The highest BCUT2D eigenvalue weighted by molar-refractivity contribution is 7.92. The fourth-order valence-corrected chi connectivity index (χ4v) is 4.84. The topological polar surface area (TPSA) is 122 Å². The molecule has 178 valence electrons. The molecule has 34 heavy (non-hydrogen) atoms. The second kappa shape index (κ2) is 9.22. The molecule has 4 rings (SSSR count). The summed E-state index contributed by atoms with van der Waals surface area (Å²) in [4.78, 5) is 12.0. The van der Waals surface area contributed by atoms with Crippen molar-refractivity contribution in [2.75, 3.05) is 12.9 Å². The van der Waals surface area contributed by atoms with Crippen molar-refractivity contribution < 1.29 is 23.5 Å². The van der Waals surface area contributed by atoms with Crippen LogP contribution in [-0.2, 0) is 21.2 Å². The molecule has 1 saturated carbocycles. The summed E-state index contributed by atoms with van der Waals surface area (Å²) >= 11 is 0. The van der Waals surface area contributed by atoms with E-state index in [-0.39, 0.29) is 19.6 Å². The van der Waals surface area contributed by atoms with Crippen LogP contribution in [0.5, 0.6) is 0 Å². The predicted octanol–water partition coefficient (Wildman–Crippen LogP) is 2.23. The third kappa shape index (κ3) is 4.85. The van der Waals surface area contributed by atoms with E-state index >= 15 is 0 Å². The van der Waals surface area contributed by atoms with Crippen molar-refractivity contribution in [3.8, 4) is 11.8 Å². The van der Waals surface area contributed by atoms with E-state index in [0.29, 0.717) is 11.8 Å². The van der Waals surface area contributed by atoms with Crippen LogP contribution in [0.4, 0.5) is 0 Å². The largest absolute Gasteiger partial charge is 0.396 e. The fourth-order valence-electron chi connectivity index (χ4n) is 4.00. The van der Waals surface area contributed by atoms with Gasteiger partial charge in [0.15, 0.2) is 14.6 Å². The highest BCUT2D eigenvalue weighted by Crippen LogP contribution is 2.46. The lowest BCUT2D eigenvalue weighted by Crippen LogP contribution is -2.49. The maximum Gasteiger partial charge on any atom is 0.264 e. The number of hydroxylamine groups is 1. The maximum atomic E-state index is 12.1. The van der Waals surface area contributed by atoms with Gasteiger partial charge in [-0.15, -0.1) is 0 Å². The smallest absolute Gasteiger partial charge is 0.264 e. The lowest BCUT2D eigenvalue weighted by Gasteiger charge is -2.24. The summed E-state index contributed by atoms with van der Waals surface area (Å²) in [6.07, 6.45) is 3.74. The van der Waals surface area contributed by atoms with Gasteiger partial charge in [-0.05, 0) is 67.5 Å². The number of aliphatic hydroxyl groups is 1. The SMILES string of the molecule is C[C@@](CCn1cc2cc(C#Cc3ccc(C4C[C@H]4CO)cc3)ccc2n1)(C(=O)NO)S(C)(=O)=O. The van der Waals surface area contributed by atoms with Gasteiger partial charge in [-0.25, -0.2) is 13.9 Å². The van der Waals surface area contributed by atoms with Crippen molar-refractivity contribution >= 4 is 26.6 Å². The van der Waals surface area contributed by atoms with Crippen LogP contribution in [0.1, 0.15) is 42.4 Å². The minimum absolute atomic E-state index is 0.0468. The van der Waals surface area contributed by atoms with E-state index in [1.165, 1.54) is 18.0 Å². The number of carbonyl (C=O) groups is 1. The van der Waals surface area contributed by atoms with Crippen LogP contribution >= 0.6 is 0 Å². The van der Waals surface area contributed by atoms with E-state index in [2.05, 4.69) is 29.1 Å². The number of aromatic nitrogens is 2. The van der Waals surface area contributed by atoms with Gasteiger partial charge in [-0.2, -0.15) is 5.10 Å². The van der Waals surface area contributed by atoms with Gasteiger partial charge >= 0.3 is 0 Å². The molecule has 1 aromatic heterocycles. The van der Waals surface area contributed by atoms with Gasteiger partial charge in [-0.3, -0.25) is 14.7 Å². The van der Waals surface area contributed by atoms with Crippen molar-refractivity contribution in [2.24, 2.45) is 5.92 Å². The average molecular weight is 482 g/mol. The number of aryl methyl sites for hydroxylation is 1. The summed E-state index contributed by atoms with van der Waals surface area (Å²) in [6.45, 7) is 1.70. The zero-order chi connectivity index (χ0) is 24.5. The maximum absolute atomic E-state index is 12.1. The molecule has 9 heteroatoms. The Hall–Kier alpha value is -3.19. The van der Waals surface area contributed by atoms with E-state index in [0.717, 1.165) is 34.7 Å². The van der Waals surface area contributed by atoms with Crippen molar-refractivity contribution in [2.45, 2.75) is 37.0 Å². The van der Waals surface area contributed by atoms with Crippen molar-refractivity contribution in [3.63, 3.8) is 0 Å². The minimum atomic E-state index is -3.77. The number of amides is 1. The summed E-state index contributed by atoms with van der Waals surface area (Å²) in [6, 6.07) is 13.7. The number of sulfone groups is 1. The molecule has 3 atom stereocenters. The molecule has 1 aliphatic rings. The van der Waals surface area contributed by atoms with Crippen LogP contribution in [0.2, 0.25) is 0 Å². The average Bonchev–Trinajstić information content (AvgIpc) is 3.50. The standard InChI is InChI=1S/C25H27N3O5S/c1-25(24(30)27-31,34(2,32)33)11-12-28-15-20-13-18(7-10-23(20)26-28)4-3-17-5-8-19(9-6-17)22-14-21(22)16-29/h5-10,13,15,21-22,29,31H,11-12,14,16H2,1-2H3,(H,27,30)/t21-,22?,25+/m0/s1. The number of nitrogens with zero attached hydrogens (tertiary/aromatic N) is 2. The second-order valence-electron chi connectivity index (χ2n) is 9.02. The van der Waals surface area contributed by atoms with Crippen LogP contribution in [0.3, 0.4) is 0 Å². The molecule has 0 bridgehead atoms. The van der Waals surface area contributed by atoms with E-state index < -0.39 is 20.5 Å². The molecule has 1 heterocycles. The first-order chi connectivity index (χ1) is 16.1. The Labute approximate surface area is 198 Å². The number of aliphatic hydroxyl groups excluding tert-OH is 1. The highest BCUT2D eigenvalue weighted by atomic mass is 32.2. The zero-order valence-corrected chi connectivity index (χ0v) is 19.8. The number of rotatable bonds is 7. The molecule has 0 spiro atoms. The molecule has 1 fully saturated rings. The molecule has 1 aliphatic carbocycles. The summed E-state index contributed by atoms with van der Waals surface area (Å²) < 4.78 is 24.1. The Bertz CT molecular complexity index is 1390. The van der Waals surface area contributed by atoms with Crippen LogP contribution in [0.15, 0.2) is 48.7 Å². The van der Waals surface area contributed by atoms with Gasteiger partial charge in [0.2, 0.25) is 0 Å².